The molecule has 2 aromatic rings. The minimum Gasteiger partial charge on any atom is -0.352 e. The number of hydrogen-bond acceptors (Lipinski definition) is 3. The van der Waals surface area contributed by atoms with Crippen molar-refractivity contribution in [3.63, 3.8) is 0 Å². The van der Waals surface area contributed by atoms with Gasteiger partial charge in [0.1, 0.15) is 0 Å². The summed E-state index contributed by atoms with van der Waals surface area (Å²) in [4.78, 5) is 13.4. The van der Waals surface area contributed by atoms with Gasteiger partial charge in [-0.3, -0.25) is 4.79 Å². The van der Waals surface area contributed by atoms with E-state index in [1.54, 1.807) is 11.3 Å². The third-order valence-electron chi connectivity index (χ3n) is 3.96. The molecule has 1 aromatic heterocycles. The molecule has 0 fully saturated rings. The van der Waals surface area contributed by atoms with Crippen LogP contribution in [0.3, 0.4) is 0 Å². The Morgan fingerprint density at radius 2 is 2.24 bits per heavy atom. The van der Waals surface area contributed by atoms with Gasteiger partial charge >= 0.3 is 0 Å². The summed E-state index contributed by atoms with van der Waals surface area (Å²) in [6, 6.07) is 8.63. The van der Waals surface area contributed by atoms with Crippen LogP contribution in [0, 0.1) is 6.92 Å². The summed E-state index contributed by atoms with van der Waals surface area (Å²) in [5, 5.41) is 8.59. The zero-order valence-electron chi connectivity index (χ0n) is 12.4. The summed E-state index contributed by atoms with van der Waals surface area (Å²) in [7, 11) is 0. The second-order valence-electron chi connectivity index (χ2n) is 5.38. The maximum absolute atomic E-state index is 12.0. The van der Waals surface area contributed by atoms with Gasteiger partial charge in [0.15, 0.2) is 0 Å². The van der Waals surface area contributed by atoms with Crippen molar-refractivity contribution < 1.29 is 4.79 Å². The Balaban J connectivity index is 2.02. The van der Waals surface area contributed by atoms with E-state index < -0.39 is 0 Å². The van der Waals surface area contributed by atoms with Crippen LogP contribution in [0.25, 0.3) is 0 Å². The first-order valence-electron chi connectivity index (χ1n) is 7.39. The summed E-state index contributed by atoms with van der Waals surface area (Å²) in [6.07, 6.45) is 0.922. The molecule has 0 aliphatic carbocycles. The van der Waals surface area contributed by atoms with Crippen LogP contribution in [0.4, 0.5) is 0 Å². The minimum absolute atomic E-state index is 0.0521. The van der Waals surface area contributed by atoms with Crippen molar-refractivity contribution in [2.24, 2.45) is 0 Å². The van der Waals surface area contributed by atoms with E-state index in [1.807, 2.05) is 0 Å². The zero-order valence-corrected chi connectivity index (χ0v) is 13.2. The molecular weight excluding hydrogens is 280 g/mol. The molecule has 1 aliphatic heterocycles. The summed E-state index contributed by atoms with van der Waals surface area (Å²) >= 11 is 1.77. The minimum atomic E-state index is 0.0521. The van der Waals surface area contributed by atoms with Gasteiger partial charge < -0.3 is 10.6 Å². The lowest BCUT2D eigenvalue weighted by Crippen LogP contribution is -2.32. The van der Waals surface area contributed by atoms with Crippen molar-refractivity contribution in [1.82, 2.24) is 10.6 Å². The van der Waals surface area contributed by atoms with Crippen LogP contribution in [-0.2, 0) is 6.42 Å². The molecule has 0 bridgehead atoms. The van der Waals surface area contributed by atoms with Crippen LogP contribution in [0.15, 0.2) is 29.6 Å². The number of benzene rings is 1. The fourth-order valence-electron chi connectivity index (χ4n) is 2.86. The predicted molar refractivity (Wildman–Crippen MR) is 87.1 cm³/mol. The second-order valence-corrected chi connectivity index (χ2v) is 6.33. The fourth-order valence-corrected chi connectivity index (χ4v) is 3.88. The molecule has 1 amide bonds. The number of carbonyl (C=O) groups excluding carboxylic acids is 1. The van der Waals surface area contributed by atoms with E-state index >= 15 is 0 Å². The Morgan fingerprint density at radius 1 is 1.38 bits per heavy atom. The molecular formula is C17H20N2OS. The van der Waals surface area contributed by atoms with E-state index in [2.05, 4.69) is 54.1 Å². The molecule has 4 heteroatoms. The third kappa shape index (κ3) is 2.74. The fraction of sp³-hybridized carbons (Fsp3) is 0.353. The Kier molecular flexibility index (Phi) is 4.08. The van der Waals surface area contributed by atoms with Crippen LogP contribution in [0.5, 0.6) is 0 Å². The molecule has 0 saturated heterocycles. The van der Waals surface area contributed by atoms with E-state index in [4.69, 9.17) is 0 Å². The number of nitrogens with one attached hydrogen (secondary N) is 2. The SMILES string of the molecule is CCNC(c1ccc2c(c1)C(=O)NCC2)c1sccc1C. The first-order valence-corrected chi connectivity index (χ1v) is 8.27. The van der Waals surface area contributed by atoms with Gasteiger partial charge in [0.05, 0.1) is 6.04 Å². The average molecular weight is 300 g/mol. The Morgan fingerprint density at radius 3 is 2.95 bits per heavy atom. The van der Waals surface area contributed by atoms with Crippen LogP contribution in [0.1, 0.15) is 44.9 Å². The van der Waals surface area contributed by atoms with Crippen LogP contribution < -0.4 is 10.6 Å². The van der Waals surface area contributed by atoms with E-state index in [0.29, 0.717) is 0 Å². The van der Waals surface area contributed by atoms with Gasteiger partial charge in [-0.2, -0.15) is 0 Å². The van der Waals surface area contributed by atoms with Crippen molar-refractivity contribution in [2.45, 2.75) is 26.3 Å². The Hall–Kier alpha value is -1.65. The van der Waals surface area contributed by atoms with Crippen molar-refractivity contribution in [2.75, 3.05) is 13.1 Å². The first-order chi connectivity index (χ1) is 10.2. The highest BCUT2D eigenvalue weighted by atomic mass is 32.1. The van der Waals surface area contributed by atoms with Crippen molar-refractivity contribution in [1.29, 1.82) is 0 Å². The molecule has 21 heavy (non-hydrogen) atoms. The van der Waals surface area contributed by atoms with Crippen molar-refractivity contribution in [3.05, 3.63) is 56.8 Å². The van der Waals surface area contributed by atoms with Crippen molar-refractivity contribution in [3.8, 4) is 0 Å². The number of thiophene rings is 1. The van der Waals surface area contributed by atoms with Crippen LogP contribution in [-0.4, -0.2) is 19.0 Å². The van der Waals surface area contributed by atoms with E-state index in [0.717, 1.165) is 30.6 Å². The summed E-state index contributed by atoms with van der Waals surface area (Å²) < 4.78 is 0. The monoisotopic (exact) mass is 300 g/mol. The lowest BCUT2D eigenvalue weighted by atomic mass is 9.94. The average Bonchev–Trinajstić information content (AvgIpc) is 2.91. The summed E-state index contributed by atoms with van der Waals surface area (Å²) in [6.45, 7) is 5.89. The molecule has 1 atom stereocenters. The van der Waals surface area contributed by atoms with Gasteiger partial charge in [-0.05, 0) is 54.1 Å². The van der Waals surface area contributed by atoms with E-state index in [1.165, 1.54) is 16.0 Å². The molecule has 1 unspecified atom stereocenters. The van der Waals surface area contributed by atoms with Crippen LogP contribution >= 0.6 is 11.3 Å². The maximum atomic E-state index is 12.0. The number of rotatable bonds is 4. The molecule has 2 heterocycles. The number of hydrogen-bond donors (Lipinski definition) is 2. The predicted octanol–water partition coefficient (Wildman–Crippen LogP) is 3.04. The molecule has 3 nitrogen and oxygen atoms in total. The van der Waals surface area contributed by atoms with Gasteiger partial charge in [-0.15, -0.1) is 11.3 Å². The normalized spacial score (nSPS) is 15.4. The Labute approximate surface area is 129 Å². The molecule has 110 valence electrons. The number of aryl methyl sites for hydroxylation is 1. The van der Waals surface area contributed by atoms with Gasteiger partial charge in [-0.25, -0.2) is 0 Å². The largest absolute Gasteiger partial charge is 0.352 e. The third-order valence-corrected chi connectivity index (χ3v) is 5.05. The molecule has 1 aromatic carbocycles. The molecule has 0 saturated carbocycles. The summed E-state index contributed by atoms with van der Waals surface area (Å²) in [5.74, 6) is 0.0521. The Bertz CT molecular complexity index is 663. The topological polar surface area (TPSA) is 41.1 Å². The van der Waals surface area contributed by atoms with Gasteiger partial charge in [0.25, 0.3) is 5.91 Å². The molecule has 1 aliphatic rings. The summed E-state index contributed by atoms with van der Waals surface area (Å²) in [5.41, 5.74) is 4.45. The molecule has 2 N–H and O–H groups in total. The van der Waals surface area contributed by atoms with Gasteiger partial charge in [0, 0.05) is 17.0 Å². The zero-order chi connectivity index (χ0) is 14.8. The number of amides is 1. The highest BCUT2D eigenvalue weighted by molar-refractivity contribution is 7.10. The number of carbonyl (C=O) groups is 1. The molecule has 3 rings (SSSR count). The maximum Gasteiger partial charge on any atom is 0.251 e. The lowest BCUT2D eigenvalue weighted by Gasteiger charge is -2.22. The van der Waals surface area contributed by atoms with E-state index in [-0.39, 0.29) is 11.9 Å². The molecule has 0 spiro atoms. The lowest BCUT2D eigenvalue weighted by molar-refractivity contribution is 0.0946. The van der Waals surface area contributed by atoms with Crippen LogP contribution in [0.2, 0.25) is 0 Å². The highest BCUT2D eigenvalue weighted by Gasteiger charge is 2.21. The second kappa shape index (κ2) is 6.00. The highest BCUT2D eigenvalue weighted by Crippen LogP contribution is 2.31. The van der Waals surface area contributed by atoms with Gasteiger partial charge in [-0.1, -0.05) is 19.1 Å². The van der Waals surface area contributed by atoms with Gasteiger partial charge in [0.2, 0.25) is 0 Å². The van der Waals surface area contributed by atoms with E-state index in [9.17, 15) is 4.79 Å². The smallest absolute Gasteiger partial charge is 0.251 e. The number of fused-ring (bicyclic) bond motifs is 1. The standard InChI is InChI=1S/C17H20N2OS/c1-3-18-15(16-11(2)7-9-21-16)13-5-4-12-6-8-19-17(20)14(12)10-13/h4-5,7,9-10,15,18H,3,6,8H2,1-2H3,(H,19,20). The quantitative estimate of drug-likeness (QED) is 0.911. The molecule has 0 radical (unpaired) electrons. The van der Waals surface area contributed by atoms with Crippen molar-refractivity contribution >= 4 is 17.2 Å². The first kappa shape index (κ1) is 14.3.